The van der Waals surface area contributed by atoms with Gasteiger partial charge in [0, 0.05) is 30.2 Å². The first-order chi connectivity index (χ1) is 8.96. The lowest BCUT2D eigenvalue weighted by Crippen LogP contribution is -2.44. The second kappa shape index (κ2) is 5.60. The van der Waals surface area contributed by atoms with Gasteiger partial charge in [-0.25, -0.2) is 8.42 Å². The largest absolute Gasteiger partial charge is 0.495 e. The van der Waals surface area contributed by atoms with Crippen molar-refractivity contribution in [1.82, 2.24) is 4.31 Å². The number of hydrogen-bond donors (Lipinski definition) is 1. The maximum absolute atomic E-state index is 12.6. The molecule has 2 rings (SSSR count). The molecule has 0 bridgehead atoms. The van der Waals surface area contributed by atoms with Gasteiger partial charge in [-0.15, -0.1) is 0 Å². The molecule has 1 heterocycles. The van der Waals surface area contributed by atoms with E-state index in [9.17, 15) is 8.42 Å². The van der Waals surface area contributed by atoms with E-state index >= 15 is 0 Å². The summed E-state index contributed by atoms with van der Waals surface area (Å²) in [5.41, 5.74) is 6.15. The van der Waals surface area contributed by atoms with Crippen molar-refractivity contribution >= 4 is 27.5 Å². The molecule has 1 aliphatic heterocycles. The first-order valence-electron chi connectivity index (χ1n) is 6.00. The third-order valence-electron chi connectivity index (χ3n) is 3.12. The Balaban J connectivity index is 2.38. The normalized spacial score (nSPS) is 21.3. The zero-order valence-electron chi connectivity index (χ0n) is 11.0. The van der Waals surface area contributed by atoms with Gasteiger partial charge in [-0.05, 0) is 19.1 Å². The molecule has 2 N–H and O–H groups in total. The SMILES string of the molecule is COc1cc(S(=O)(=O)N2CCSCC2C)ccc1N. The average molecular weight is 302 g/mol. The van der Waals surface area contributed by atoms with E-state index in [-0.39, 0.29) is 10.9 Å². The summed E-state index contributed by atoms with van der Waals surface area (Å²) < 4.78 is 31.8. The van der Waals surface area contributed by atoms with Crippen molar-refractivity contribution in [2.75, 3.05) is 30.9 Å². The molecule has 1 atom stereocenters. The number of thioether (sulfide) groups is 1. The van der Waals surface area contributed by atoms with Gasteiger partial charge in [0.2, 0.25) is 10.0 Å². The highest BCUT2D eigenvalue weighted by Crippen LogP contribution is 2.29. The van der Waals surface area contributed by atoms with E-state index in [0.717, 1.165) is 11.5 Å². The van der Waals surface area contributed by atoms with Crippen molar-refractivity contribution in [3.63, 3.8) is 0 Å². The summed E-state index contributed by atoms with van der Waals surface area (Å²) in [4.78, 5) is 0.234. The van der Waals surface area contributed by atoms with Crippen molar-refractivity contribution in [3.05, 3.63) is 18.2 Å². The number of anilines is 1. The summed E-state index contributed by atoms with van der Waals surface area (Å²) in [6.07, 6.45) is 0. The number of methoxy groups -OCH3 is 1. The van der Waals surface area contributed by atoms with E-state index in [1.54, 1.807) is 22.1 Å². The monoisotopic (exact) mass is 302 g/mol. The first kappa shape index (κ1) is 14.5. The Morgan fingerprint density at radius 3 is 2.84 bits per heavy atom. The summed E-state index contributed by atoms with van der Waals surface area (Å²) in [6.45, 7) is 2.47. The van der Waals surface area contributed by atoms with Crippen LogP contribution in [0.15, 0.2) is 23.1 Å². The van der Waals surface area contributed by atoms with Crippen molar-refractivity contribution in [2.45, 2.75) is 17.9 Å². The molecular formula is C12H18N2O3S2. The predicted octanol–water partition coefficient (Wildman–Crippen LogP) is 1.40. The van der Waals surface area contributed by atoms with Gasteiger partial charge < -0.3 is 10.5 Å². The Hall–Kier alpha value is -0.920. The van der Waals surface area contributed by atoms with Gasteiger partial charge in [0.25, 0.3) is 0 Å². The van der Waals surface area contributed by atoms with Crippen LogP contribution in [0.25, 0.3) is 0 Å². The molecule has 0 amide bonds. The minimum absolute atomic E-state index is 0.00676. The third-order valence-corrected chi connectivity index (χ3v) is 6.32. The standard InChI is InChI=1S/C12H18N2O3S2/c1-9-8-18-6-5-14(9)19(15,16)10-3-4-11(13)12(7-10)17-2/h3-4,7,9H,5-6,8,13H2,1-2H3. The zero-order chi connectivity index (χ0) is 14.0. The summed E-state index contributed by atoms with van der Waals surface area (Å²) in [5.74, 6) is 2.04. The van der Waals surface area contributed by atoms with Gasteiger partial charge in [0.15, 0.2) is 0 Å². The van der Waals surface area contributed by atoms with Crippen LogP contribution in [-0.4, -0.2) is 43.9 Å². The third kappa shape index (κ3) is 2.82. The molecule has 5 nitrogen and oxygen atoms in total. The fourth-order valence-electron chi connectivity index (χ4n) is 2.06. The molecule has 106 valence electrons. The van der Waals surface area contributed by atoms with Crippen LogP contribution in [0.3, 0.4) is 0 Å². The van der Waals surface area contributed by atoms with Crippen molar-refractivity contribution in [2.24, 2.45) is 0 Å². The van der Waals surface area contributed by atoms with Crippen LogP contribution in [0, 0.1) is 0 Å². The predicted molar refractivity (Wildman–Crippen MR) is 78.1 cm³/mol. The van der Waals surface area contributed by atoms with Crippen molar-refractivity contribution in [3.8, 4) is 5.75 Å². The highest BCUT2D eigenvalue weighted by molar-refractivity contribution is 7.99. The summed E-state index contributed by atoms with van der Waals surface area (Å²) in [5, 5.41) is 0. The maximum atomic E-state index is 12.6. The lowest BCUT2D eigenvalue weighted by molar-refractivity contribution is 0.367. The fraction of sp³-hybridized carbons (Fsp3) is 0.500. The van der Waals surface area contributed by atoms with E-state index in [2.05, 4.69) is 0 Å². The zero-order valence-corrected chi connectivity index (χ0v) is 12.6. The summed E-state index contributed by atoms with van der Waals surface area (Å²) in [7, 11) is -2.00. The quantitative estimate of drug-likeness (QED) is 0.855. The molecule has 0 radical (unpaired) electrons. The molecule has 1 aromatic carbocycles. The molecule has 1 unspecified atom stereocenters. The Morgan fingerprint density at radius 2 is 2.21 bits per heavy atom. The van der Waals surface area contributed by atoms with Crippen LogP contribution in [0.2, 0.25) is 0 Å². The van der Waals surface area contributed by atoms with Crippen LogP contribution in [0.1, 0.15) is 6.92 Å². The average Bonchev–Trinajstić information content (AvgIpc) is 2.39. The van der Waals surface area contributed by atoms with E-state index < -0.39 is 10.0 Å². The fourth-order valence-corrected chi connectivity index (χ4v) is 4.93. The van der Waals surface area contributed by atoms with Gasteiger partial charge in [-0.1, -0.05) is 0 Å². The number of hydrogen-bond acceptors (Lipinski definition) is 5. The Kier molecular flexibility index (Phi) is 4.27. The van der Waals surface area contributed by atoms with Gasteiger partial charge in [0.1, 0.15) is 5.75 Å². The molecule has 1 aliphatic rings. The maximum Gasteiger partial charge on any atom is 0.243 e. The molecule has 7 heteroatoms. The number of nitrogens with zero attached hydrogens (tertiary/aromatic N) is 1. The number of nitrogens with two attached hydrogens (primary N) is 1. The minimum Gasteiger partial charge on any atom is -0.495 e. The van der Waals surface area contributed by atoms with E-state index in [0.29, 0.717) is 18.0 Å². The first-order valence-corrected chi connectivity index (χ1v) is 8.59. The highest BCUT2D eigenvalue weighted by Gasteiger charge is 2.31. The van der Waals surface area contributed by atoms with Crippen molar-refractivity contribution < 1.29 is 13.2 Å². The molecule has 1 aromatic rings. The molecule has 1 fully saturated rings. The molecule has 19 heavy (non-hydrogen) atoms. The Morgan fingerprint density at radius 1 is 1.47 bits per heavy atom. The second-order valence-corrected chi connectivity index (χ2v) is 7.48. The van der Waals surface area contributed by atoms with Gasteiger partial charge in [0.05, 0.1) is 17.7 Å². The van der Waals surface area contributed by atoms with Gasteiger partial charge in [-0.2, -0.15) is 16.1 Å². The number of sulfonamides is 1. The number of rotatable bonds is 3. The number of ether oxygens (including phenoxy) is 1. The van der Waals surface area contributed by atoms with Crippen LogP contribution >= 0.6 is 11.8 Å². The smallest absolute Gasteiger partial charge is 0.243 e. The van der Waals surface area contributed by atoms with E-state index in [1.165, 1.54) is 19.2 Å². The Bertz CT molecular complexity index is 560. The van der Waals surface area contributed by atoms with Crippen LogP contribution in [0.5, 0.6) is 5.75 Å². The topological polar surface area (TPSA) is 72.6 Å². The lowest BCUT2D eigenvalue weighted by atomic mass is 10.3. The summed E-state index contributed by atoms with van der Waals surface area (Å²) >= 11 is 1.78. The molecular weight excluding hydrogens is 284 g/mol. The number of nitrogen functional groups attached to an aromatic ring is 1. The number of benzene rings is 1. The van der Waals surface area contributed by atoms with Gasteiger partial charge in [-0.3, -0.25) is 0 Å². The second-order valence-electron chi connectivity index (χ2n) is 4.44. The van der Waals surface area contributed by atoms with E-state index in [4.69, 9.17) is 10.5 Å². The van der Waals surface area contributed by atoms with Crippen LogP contribution in [-0.2, 0) is 10.0 Å². The minimum atomic E-state index is -3.48. The molecule has 0 spiro atoms. The highest BCUT2D eigenvalue weighted by atomic mass is 32.2. The molecule has 0 aliphatic carbocycles. The van der Waals surface area contributed by atoms with E-state index in [1.807, 2.05) is 6.92 Å². The van der Waals surface area contributed by atoms with Crippen LogP contribution < -0.4 is 10.5 Å². The molecule has 1 saturated heterocycles. The lowest BCUT2D eigenvalue weighted by Gasteiger charge is -2.32. The van der Waals surface area contributed by atoms with Crippen molar-refractivity contribution in [1.29, 1.82) is 0 Å². The molecule has 0 saturated carbocycles. The van der Waals surface area contributed by atoms with Crippen LogP contribution in [0.4, 0.5) is 5.69 Å². The summed E-state index contributed by atoms with van der Waals surface area (Å²) in [6, 6.07) is 4.59. The Labute approximate surface area is 118 Å². The van der Waals surface area contributed by atoms with Gasteiger partial charge >= 0.3 is 0 Å². The molecule has 0 aromatic heterocycles.